The second kappa shape index (κ2) is 15.6. The Kier molecular flexibility index (Phi) is 10.8. The van der Waals surface area contributed by atoms with Crippen molar-refractivity contribution >= 4 is 17.5 Å². The number of carbonyl (C=O) groups is 1. The molecule has 9 heteroatoms. The van der Waals surface area contributed by atoms with Gasteiger partial charge in [-0.15, -0.1) is 0 Å². The van der Waals surface area contributed by atoms with Crippen molar-refractivity contribution < 1.29 is 19.4 Å². The topological polar surface area (TPSA) is 129 Å². The Balaban J connectivity index is 1.47. The first-order valence-electron chi connectivity index (χ1n) is 15.2. The smallest absolute Gasteiger partial charge is 0.252 e. The van der Waals surface area contributed by atoms with Crippen LogP contribution in [-0.4, -0.2) is 42.2 Å². The van der Waals surface area contributed by atoms with Gasteiger partial charge in [-0.2, -0.15) is 0 Å². The molecule has 1 heterocycles. The van der Waals surface area contributed by atoms with Gasteiger partial charge in [-0.3, -0.25) is 4.79 Å². The van der Waals surface area contributed by atoms with E-state index in [1.165, 1.54) is 5.56 Å². The molecular weight excluding hydrogens is 566 g/mol. The van der Waals surface area contributed by atoms with Gasteiger partial charge in [0.1, 0.15) is 5.75 Å². The van der Waals surface area contributed by atoms with Gasteiger partial charge in [0.05, 0.1) is 6.61 Å². The monoisotopic (exact) mass is 603 g/mol. The molecule has 0 aliphatic carbocycles. The van der Waals surface area contributed by atoms with E-state index in [0.29, 0.717) is 48.0 Å². The molecule has 1 amide bonds. The maximum atomic E-state index is 14.4. The van der Waals surface area contributed by atoms with Crippen LogP contribution in [0.5, 0.6) is 5.75 Å². The van der Waals surface area contributed by atoms with E-state index in [-0.39, 0.29) is 18.9 Å². The summed E-state index contributed by atoms with van der Waals surface area (Å²) in [6.07, 6.45) is 2.62. The molecule has 0 spiro atoms. The Morgan fingerprint density at radius 2 is 1.64 bits per heavy atom. The van der Waals surface area contributed by atoms with Crippen LogP contribution in [0.2, 0.25) is 0 Å². The first kappa shape index (κ1) is 31.3. The van der Waals surface area contributed by atoms with Gasteiger partial charge in [0.2, 0.25) is 5.90 Å². The van der Waals surface area contributed by atoms with Crippen LogP contribution in [0.1, 0.15) is 47.6 Å². The highest BCUT2D eigenvalue weighted by atomic mass is 16.5. The van der Waals surface area contributed by atoms with E-state index in [1.54, 1.807) is 12.1 Å². The maximum absolute atomic E-state index is 14.4. The molecule has 0 aromatic heterocycles. The van der Waals surface area contributed by atoms with Crippen molar-refractivity contribution in [3.05, 3.63) is 142 Å². The van der Waals surface area contributed by atoms with Gasteiger partial charge in [-0.05, 0) is 65.7 Å². The van der Waals surface area contributed by atoms with E-state index in [0.717, 1.165) is 24.8 Å². The van der Waals surface area contributed by atoms with Crippen LogP contribution in [0.15, 0.2) is 119 Å². The van der Waals surface area contributed by atoms with Crippen molar-refractivity contribution in [2.75, 3.05) is 19.8 Å². The second-order valence-electron chi connectivity index (χ2n) is 10.9. The van der Waals surface area contributed by atoms with Gasteiger partial charge >= 0.3 is 0 Å². The lowest BCUT2D eigenvalue weighted by Gasteiger charge is -2.31. The molecule has 0 unspecified atom stereocenters. The summed E-state index contributed by atoms with van der Waals surface area (Å²) in [6.45, 7) is 0.948. The quantitative estimate of drug-likeness (QED) is 0.0654. The summed E-state index contributed by atoms with van der Waals surface area (Å²) in [5.41, 5.74) is 11.8. The highest BCUT2D eigenvalue weighted by molar-refractivity contribution is 6.01. The Morgan fingerprint density at radius 1 is 0.933 bits per heavy atom. The van der Waals surface area contributed by atoms with Crippen molar-refractivity contribution in [2.24, 2.45) is 10.1 Å². The van der Waals surface area contributed by atoms with Crippen LogP contribution >= 0.6 is 0 Å². The molecule has 0 bridgehead atoms. The van der Waals surface area contributed by atoms with Crippen molar-refractivity contribution in [3.8, 4) is 5.75 Å². The van der Waals surface area contributed by atoms with Gasteiger partial charge in [-0.1, -0.05) is 90.0 Å². The predicted molar refractivity (Wildman–Crippen MR) is 175 cm³/mol. The van der Waals surface area contributed by atoms with E-state index in [9.17, 15) is 10.3 Å². The van der Waals surface area contributed by atoms with Gasteiger partial charge in [-0.25, -0.2) is 4.99 Å². The number of aliphatic imine (C=N–C) groups is 1. The highest BCUT2D eigenvalue weighted by Gasteiger charge is 2.53. The standard InChI is InChI=1S/C36H37N5O4/c37-41-40-32-18-8-7-17-30(32)26-36(35(43)38-23-10-9-14-27-12-3-1-4-13-27)33(28-15-5-2-6-16-28)45-34(39-36)29-19-21-31(22-20-29)44-25-11-24-42/h1-8,12-13,15-22,33,42H,9-11,14,23-26H2,(H,38,43)/t33-,36-/m1/s1. The number of nitrogens with zero attached hydrogens (tertiary/aromatic N) is 4. The number of unbranched alkanes of at least 4 members (excludes halogenated alkanes) is 1. The molecule has 0 saturated carbocycles. The molecule has 230 valence electrons. The molecular formula is C36H37N5O4. The maximum Gasteiger partial charge on any atom is 0.252 e. The van der Waals surface area contributed by atoms with Gasteiger partial charge in [0, 0.05) is 42.2 Å². The van der Waals surface area contributed by atoms with Crippen molar-refractivity contribution in [1.82, 2.24) is 5.32 Å². The van der Waals surface area contributed by atoms with Crippen molar-refractivity contribution in [1.29, 1.82) is 0 Å². The number of rotatable bonds is 15. The predicted octanol–water partition coefficient (Wildman–Crippen LogP) is 7.03. The number of carbonyl (C=O) groups excluding carboxylic acids is 1. The lowest BCUT2D eigenvalue weighted by molar-refractivity contribution is -0.128. The minimum Gasteiger partial charge on any atom is -0.494 e. The normalized spacial score (nSPS) is 17.1. The molecule has 5 rings (SSSR count). The number of aliphatic hydroxyl groups is 1. The molecule has 2 atom stereocenters. The van der Waals surface area contributed by atoms with Gasteiger partial charge in [0.25, 0.3) is 5.91 Å². The fourth-order valence-corrected chi connectivity index (χ4v) is 5.46. The summed E-state index contributed by atoms with van der Waals surface area (Å²) in [6, 6.07) is 34.5. The van der Waals surface area contributed by atoms with E-state index < -0.39 is 11.6 Å². The number of amides is 1. The fraction of sp³-hybridized carbons (Fsp3) is 0.278. The minimum atomic E-state index is -1.38. The lowest BCUT2D eigenvalue weighted by atomic mass is 9.81. The number of aliphatic hydroxyl groups excluding tert-OH is 1. The molecule has 0 radical (unpaired) electrons. The highest BCUT2D eigenvalue weighted by Crippen LogP contribution is 2.43. The zero-order valence-corrected chi connectivity index (χ0v) is 25.1. The van der Waals surface area contributed by atoms with Gasteiger partial charge < -0.3 is 19.9 Å². The molecule has 2 N–H and O–H groups in total. The Morgan fingerprint density at radius 3 is 2.38 bits per heavy atom. The zero-order chi connectivity index (χ0) is 31.3. The SMILES string of the molecule is [N-]=[N+]=Nc1ccccc1C[C@@]1(C(=O)NCCCCc2ccccc2)N=C(c2ccc(OCCCO)cc2)O[C@@H]1c1ccccc1. The van der Waals surface area contributed by atoms with Crippen molar-refractivity contribution in [2.45, 2.75) is 43.7 Å². The summed E-state index contributed by atoms with van der Waals surface area (Å²) >= 11 is 0. The van der Waals surface area contributed by atoms with Crippen LogP contribution in [0, 0.1) is 0 Å². The first-order valence-corrected chi connectivity index (χ1v) is 15.2. The molecule has 0 fully saturated rings. The fourth-order valence-electron chi connectivity index (χ4n) is 5.46. The summed E-state index contributed by atoms with van der Waals surface area (Å²) in [4.78, 5) is 22.5. The van der Waals surface area contributed by atoms with Gasteiger partial charge in [0.15, 0.2) is 11.6 Å². The Labute approximate surface area is 263 Å². The third kappa shape index (κ3) is 7.89. The molecule has 4 aromatic rings. The summed E-state index contributed by atoms with van der Waals surface area (Å²) < 4.78 is 12.3. The molecule has 1 aliphatic heterocycles. The van der Waals surface area contributed by atoms with E-state index >= 15 is 0 Å². The molecule has 9 nitrogen and oxygen atoms in total. The third-order valence-corrected chi connectivity index (χ3v) is 7.76. The number of hydrogen-bond acceptors (Lipinski definition) is 6. The minimum absolute atomic E-state index is 0.0591. The summed E-state index contributed by atoms with van der Waals surface area (Å²) in [5, 5.41) is 16.1. The largest absolute Gasteiger partial charge is 0.494 e. The van der Waals surface area contributed by atoms with E-state index in [2.05, 4.69) is 27.5 Å². The molecule has 0 saturated heterocycles. The zero-order valence-electron chi connectivity index (χ0n) is 25.1. The molecule has 1 aliphatic rings. The number of benzene rings is 4. The second-order valence-corrected chi connectivity index (χ2v) is 10.9. The molecule has 4 aromatic carbocycles. The average molecular weight is 604 g/mol. The lowest BCUT2D eigenvalue weighted by Crippen LogP contribution is -2.50. The van der Waals surface area contributed by atoms with Crippen molar-refractivity contribution in [3.63, 3.8) is 0 Å². The van der Waals surface area contributed by atoms with Crippen LogP contribution in [0.25, 0.3) is 10.4 Å². The van der Waals surface area contributed by atoms with E-state index in [1.807, 2.05) is 84.9 Å². The van der Waals surface area contributed by atoms with Crippen LogP contribution in [0.4, 0.5) is 5.69 Å². The average Bonchev–Trinajstić information content (AvgIpc) is 3.47. The third-order valence-electron chi connectivity index (χ3n) is 7.76. The Bertz CT molecular complexity index is 1620. The number of aryl methyl sites for hydroxylation is 1. The number of nitrogens with one attached hydrogen (secondary N) is 1. The summed E-state index contributed by atoms with van der Waals surface area (Å²) in [5.74, 6) is 0.741. The summed E-state index contributed by atoms with van der Waals surface area (Å²) in [7, 11) is 0. The van der Waals surface area contributed by atoms with E-state index in [4.69, 9.17) is 19.6 Å². The number of azide groups is 1. The number of ether oxygens (including phenoxy) is 2. The molecule has 45 heavy (non-hydrogen) atoms. The van der Waals surface area contributed by atoms with Crippen LogP contribution in [-0.2, 0) is 22.4 Å². The van der Waals surface area contributed by atoms with Crippen LogP contribution in [0.3, 0.4) is 0 Å². The Hall–Kier alpha value is -5.11. The number of hydrogen-bond donors (Lipinski definition) is 2. The van der Waals surface area contributed by atoms with Crippen LogP contribution < -0.4 is 10.1 Å². The first-order chi connectivity index (χ1) is 22.1.